The van der Waals surface area contributed by atoms with E-state index in [1.165, 1.54) is 17.4 Å². The van der Waals surface area contributed by atoms with Crippen LogP contribution in [-0.4, -0.2) is 17.3 Å². The highest BCUT2D eigenvalue weighted by Crippen LogP contribution is 2.32. The molecule has 3 aromatic heterocycles. The molecule has 0 bridgehead atoms. The number of fused-ring (bicyclic) bond motifs is 1. The van der Waals surface area contributed by atoms with Gasteiger partial charge in [-0.05, 0) is 53.9 Å². The Morgan fingerprint density at radius 2 is 1.90 bits per heavy atom. The van der Waals surface area contributed by atoms with Crippen LogP contribution >= 0.6 is 22.7 Å². The first-order valence-electron chi connectivity index (χ1n) is 9.06. The summed E-state index contributed by atoms with van der Waals surface area (Å²) in [5, 5.41) is 15.8. The average Bonchev–Trinajstić information content (AvgIpc) is 3.46. The summed E-state index contributed by atoms with van der Waals surface area (Å²) in [6.07, 6.45) is 0. The molecule has 0 aliphatic rings. The molecule has 3 heterocycles. The van der Waals surface area contributed by atoms with Crippen molar-refractivity contribution in [1.82, 2.24) is 10.2 Å². The Balaban J connectivity index is 1.39. The van der Waals surface area contributed by atoms with Gasteiger partial charge < -0.3 is 14.5 Å². The van der Waals surface area contributed by atoms with Crippen LogP contribution in [0.25, 0.3) is 32.2 Å². The molecule has 8 heteroatoms. The molecule has 30 heavy (non-hydrogen) atoms. The van der Waals surface area contributed by atoms with Crippen LogP contribution < -0.4 is 15.5 Å². The number of hydrogen-bond donors (Lipinski definition) is 1. The maximum absolute atomic E-state index is 12.5. The van der Waals surface area contributed by atoms with Gasteiger partial charge in [-0.15, -0.1) is 21.5 Å². The average molecular weight is 434 g/mol. The van der Waals surface area contributed by atoms with Gasteiger partial charge >= 0.3 is 0 Å². The summed E-state index contributed by atoms with van der Waals surface area (Å²) in [5.41, 5.74) is 2.10. The molecule has 0 aliphatic carbocycles. The normalized spacial score (nSPS) is 11.0. The van der Waals surface area contributed by atoms with Crippen molar-refractivity contribution in [2.24, 2.45) is 0 Å². The number of nitrogens with zero attached hydrogens (tertiary/aromatic N) is 2. The van der Waals surface area contributed by atoms with Crippen molar-refractivity contribution in [3.63, 3.8) is 0 Å². The fourth-order valence-electron chi connectivity index (χ4n) is 3.02. The number of nitrogens with one attached hydrogen (secondary N) is 1. The van der Waals surface area contributed by atoms with Crippen LogP contribution in [0.1, 0.15) is 0 Å². The number of aromatic nitrogens is 2. The highest BCUT2D eigenvalue weighted by atomic mass is 32.1. The quantitative estimate of drug-likeness (QED) is 0.378. The summed E-state index contributed by atoms with van der Waals surface area (Å²) >= 11 is 3.14. The minimum Gasteiger partial charge on any atom is -0.497 e. The number of benzene rings is 2. The zero-order valence-corrected chi connectivity index (χ0v) is 17.4. The van der Waals surface area contributed by atoms with Crippen LogP contribution in [-0.2, 0) is 0 Å². The van der Waals surface area contributed by atoms with Gasteiger partial charge in [-0.1, -0.05) is 17.4 Å². The van der Waals surface area contributed by atoms with E-state index in [-0.39, 0.29) is 5.43 Å². The maximum atomic E-state index is 12.5. The van der Waals surface area contributed by atoms with Gasteiger partial charge in [0.1, 0.15) is 17.1 Å². The van der Waals surface area contributed by atoms with Crippen molar-refractivity contribution in [2.75, 3.05) is 12.4 Å². The summed E-state index contributed by atoms with van der Waals surface area (Å²) in [4.78, 5) is 13.6. The van der Waals surface area contributed by atoms with Gasteiger partial charge in [0.25, 0.3) is 0 Å². The van der Waals surface area contributed by atoms with E-state index in [9.17, 15) is 4.79 Å². The van der Waals surface area contributed by atoms with Gasteiger partial charge in [0.05, 0.1) is 17.4 Å². The number of ether oxygens (including phenoxy) is 1. The maximum Gasteiger partial charge on any atom is 0.210 e. The van der Waals surface area contributed by atoms with E-state index in [1.807, 2.05) is 41.8 Å². The first kappa shape index (κ1) is 18.5. The van der Waals surface area contributed by atoms with Crippen molar-refractivity contribution in [3.05, 3.63) is 76.3 Å². The van der Waals surface area contributed by atoms with Crippen LogP contribution in [0.15, 0.2) is 75.3 Å². The van der Waals surface area contributed by atoms with Gasteiger partial charge in [-0.2, -0.15) is 0 Å². The molecule has 1 N–H and O–H groups in total. The molecule has 0 saturated carbocycles. The number of methoxy groups -OCH3 is 1. The second-order valence-electron chi connectivity index (χ2n) is 6.43. The molecule has 148 valence electrons. The zero-order valence-electron chi connectivity index (χ0n) is 15.8. The van der Waals surface area contributed by atoms with Gasteiger partial charge in [0.15, 0.2) is 10.4 Å². The molecule has 0 unspecified atom stereocenters. The summed E-state index contributed by atoms with van der Waals surface area (Å²) in [6, 6.07) is 18.4. The minimum absolute atomic E-state index is 0.109. The zero-order chi connectivity index (χ0) is 20.5. The molecule has 5 aromatic rings. The van der Waals surface area contributed by atoms with Gasteiger partial charge in [0, 0.05) is 17.3 Å². The molecule has 0 aliphatic heterocycles. The van der Waals surface area contributed by atoms with E-state index >= 15 is 0 Å². The van der Waals surface area contributed by atoms with Gasteiger partial charge in [-0.3, -0.25) is 4.79 Å². The predicted molar refractivity (Wildman–Crippen MR) is 121 cm³/mol. The van der Waals surface area contributed by atoms with Crippen LogP contribution in [0, 0.1) is 0 Å². The Kier molecular flexibility index (Phi) is 4.78. The summed E-state index contributed by atoms with van der Waals surface area (Å²) in [5.74, 6) is 1.14. The van der Waals surface area contributed by atoms with Crippen molar-refractivity contribution in [3.8, 4) is 27.0 Å². The van der Waals surface area contributed by atoms with Crippen molar-refractivity contribution in [2.45, 2.75) is 0 Å². The fourth-order valence-corrected chi connectivity index (χ4v) is 4.58. The van der Waals surface area contributed by atoms with Crippen LogP contribution in [0.2, 0.25) is 0 Å². The Labute approximate surface area is 179 Å². The van der Waals surface area contributed by atoms with Gasteiger partial charge in [0.2, 0.25) is 5.13 Å². The first-order valence-corrected chi connectivity index (χ1v) is 10.8. The number of hydrogen-bond acceptors (Lipinski definition) is 8. The Morgan fingerprint density at radius 3 is 2.67 bits per heavy atom. The van der Waals surface area contributed by atoms with E-state index in [0.717, 1.165) is 26.3 Å². The van der Waals surface area contributed by atoms with E-state index in [1.54, 1.807) is 36.6 Å². The van der Waals surface area contributed by atoms with Crippen LogP contribution in [0.5, 0.6) is 5.75 Å². The second-order valence-corrected chi connectivity index (χ2v) is 8.35. The standard InChI is InChI=1S/C22H15N3O3S2/c1-27-15-8-9-18-16(11-15)17(26)12-19(28-18)13-4-6-14(7-5-13)23-22-25-24-21(30-22)20-3-2-10-29-20/h2-12H,1H3,(H,23,25). The van der Waals surface area contributed by atoms with Crippen LogP contribution in [0.3, 0.4) is 0 Å². The number of anilines is 2. The number of thiophene rings is 1. The third kappa shape index (κ3) is 3.58. The molecule has 0 amide bonds. The third-order valence-electron chi connectivity index (χ3n) is 4.51. The Bertz CT molecular complexity index is 1370. The molecular weight excluding hydrogens is 418 g/mol. The highest BCUT2D eigenvalue weighted by Gasteiger charge is 2.10. The molecule has 2 aromatic carbocycles. The summed E-state index contributed by atoms with van der Waals surface area (Å²) in [7, 11) is 1.57. The van der Waals surface area contributed by atoms with Crippen molar-refractivity contribution in [1.29, 1.82) is 0 Å². The molecule has 0 spiro atoms. The lowest BCUT2D eigenvalue weighted by Gasteiger charge is -2.06. The summed E-state index contributed by atoms with van der Waals surface area (Å²) < 4.78 is 11.1. The first-order chi connectivity index (χ1) is 14.7. The van der Waals surface area contributed by atoms with Crippen molar-refractivity contribution >= 4 is 44.5 Å². The lowest BCUT2D eigenvalue weighted by Crippen LogP contribution is -2.00. The monoisotopic (exact) mass is 433 g/mol. The van der Waals surface area contributed by atoms with E-state index in [4.69, 9.17) is 9.15 Å². The van der Waals surface area contributed by atoms with E-state index in [0.29, 0.717) is 22.5 Å². The second kappa shape index (κ2) is 7.74. The third-order valence-corrected chi connectivity index (χ3v) is 6.39. The molecule has 0 radical (unpaired) electrons. The van der Waals surface area contributed by atoms with E-state index < -0.39 is 0 Å². The Morgan fingerprint density at radius 1 is 1.03 bits per heavy atom. The largest absolute Gasteiger partial charge is 0.497 e. The van der Waals surface area contributed by atoms with E-state index in [2.05, 4.69) is 15.5 Å². The minimum atomic E-state index is -0.109. The lowest BCUT2D eigenvalue weighted by molar-refractivity contribution is 0.415. The topological polar surface area (TPSA) is 77.2 Å². The summed E-state index contributed by atoms with van der Waals surface area (Å²) in [6.45, 7) is 0. The Hall–Kier alpha value is -3.49. The molecular formula is C22H15N3O3S2. The SMILES string of the molecule is COc1ccc2oc(-c3ccc(Nc4nnc(-c5cccs5)s4)cc3)cc(=O)c2c1. The van der Waals surface area contributed by atoms with Crippen LogP contribution in [0.4, 0.5) is 10.8 Å². The van der Waals surface area contributed by atoms with Gasteiger partial charge in [-0.25, -0.2) is 0 Å². The highest BCUT2D eigenvalue weighted by molar-refractivity contribution is 7.22. The lowest BCUT2D eigenvalue weighted by atomic mass is 10.1. The molecule has 6 nitrogen and oxygen atoms in total. The predicted octanol–water partition coefficient (Wildman–Crippen LogP) is 5.79. The molecule has 0 saturated heterocycles. The molecule has 5 rings (SSSR count). The molecule has 0 fully saturated rings. The van der Waals surface area contributed by atoms with Crippen molar-refractivity contribution < 1.29 is 9.15 Å². The smallest absolute Gasteiger partial charge is 0.210 e. The number of rotatable bonds is 5. The fraction of sp³-hybridized carbons (Fsp3) is 0.0455. The molecule has 0 atom stereocenters.